The van der Waals surface area contributed by atoms with Crippen LogP contribution >= 0.6 is 0 Å². The highest BCUT2D eigenvalue weighted by Gasteiger charge is 2.19. The third-order valence-electron chi connectivity index (χ3n) is 5.89. The van der Waals surface area contributed by atoms with E-state index in [1.165, 1.54) is 66.7 Å². The Bertz CT molecular complexity index is 1180. The van der Waals surface area contributed by atoms with Crippen LogP contribution in [0.3, 0.4) is 0 Å². The van der Waals surface area contributed by atoms with Gasteiger partial charge in [-0.3, -0.25) is 14.4 Å². The van der Waals surface area contributed by atoms with Crippen LogP contribution < -0.4 is 16.0 Å². The second-order valence-electron chi connectivity index (χ2n) is 8.48. The molecule has 1 fully saturated rings. The third kappa shape index (κ3) is 6.09. The fourth-order valence-corrected chi connectivity index (χ4v) is 4.11. The summed E-state index contributed by atoms with van der Waals surface area (Å²) >= 11 is 0. The van der Waals surface area contributed by atoms with Crippen LogP contribution in [0, 0.1) is 11.6 Å². The quantitative estimate of drug-likeness (QED) is 0.436. The van der Waals surface area contributed by atoms with Gasteiger partial charge in [0.05, 0.1) is 11.1 Å². The smallest absolute Gasteiger partial charge is 0.258 e. The number of rotatable bonds is 6. The zero-order valence-electron chi connectivity index (χ0n) is 18.9. The first-order chi connectivity index (χ1) is 16.9. The highest BCUT2D eigenvalue weighted by Crippen LogP contribution is 2.23. The first kappa shape index (κ1) is 24.1. The lowest BCUT2D eigenvalue weighted by molar-refractivity contribution is 0.0925. The molecule has 0 spiro atoms. The maximum Gasteiger partial charge on any atom is 0.258 e. The van der Waals surface area contributed by atoms with E-state index in [9.17, 15) is 23.2 Å². The van der Waals surface area contributed by atoms with Crippen LogP contribution in [0.25, 0.3) is 0 Å². The molecule has 1 aliphatic rings. The molecule has 3 amide bonds. The number of nitrogens with one attached hydrogen (secondary N) is 3. The van der Waals surface area contributed by atoms with Crippen LogP contribution in [-0.2, 0) is 0 Å². The van der Waals surface area contributed by atoms with E-state index in [1.54, 1.807) is 0 Å². The minimum atomic E-state index is -0.709. The number of carbonyl (C=O) groups is 3. The van der Waals surface area contributed by atoms with E-state index in [4.69, 9.17) is 0 Å². The molecule has 180 valence electrons. The Morgan fingerprint density at radius 1 is 0.657 bits per heavy atom. The van der Waals surface area contributed by atoms with Gasteiger partial charge in [0.2, 0.25) is 0 Å². The molecule has 0 saturated heterocycles. The Morgan fingerprint density at radius 3 is 1.63 bits per heavy atom. The molecule has 4 rings (SSSR count). The Kier molecular flexibility index (Phi) is 7.50. The summed E-state index contributed by atoms with van der Waals surface area (Å²) in [7, 11) is 0. The predicted octanol–water partition coefficient (Wildman–Crippen LogP) is 5.53. The van der Waals surface area contributed by atoms with Gasteiger partial charge in [0.25, 0.3) is 17.7 Å². The van der Waals surface area contributed by atoms with Crippen molar-refractivity contribution in [2.45, 2.75) is 38.1 Å². The maximum atomic E-state index is 14.1. The number of hydrogen-bond donors (Lipinski definition) is 3. The lowest BCUT2D eigenvalue weighted by Gasteiger charge is -2.23. The molecule has 1 aliphatic carbocycles. The Morgan fingerprint density at radius 2 is 1.14 bits per heavy atom. The zero-order chi connectivity index (χ0) is 24.8. The summed E-state index contributed by atoms with van der Waals surface area (Å²) in [5.41, 5.74) is 0.227. The fourth-order valence-electron chi connectivity index (χ4n) is 4.11. The van der Waals surface area contributed by atoms with Crippen LogP contribution in [0.5, 0.6) is 0 Å². The van der Waals surface area contributed by atoms with Crippen molar-refractivity contribution in [2.75, 3.05) is 10.6 Å². The van der Waals surface area contributed by atoms with Crippen molar-refractivity contribution in [1.29, 1.82) is 0 Å². The van der Waals surface area contributed by atoms with Gasteiger partial charge in [-0.25, -0.2) is 8.78 Å². The van der Waals surface area contributed by atoms with Crippen molar-refractivity contribution >= 4 is 29.1 Å². The van der Waals surface area contributed by atoms with Gasteiger partial charge in [-0.05, 0) is 55.3 Å². The molecule has 0 radical (unpaired) electrons. The van der Waals surface area contributed by atoms with Crippen molar-refractivity contribution < 1.29 is 23.2 Å². The fraction of sp³-hybridized carbons (Fsp3) is 0.222. The minimum absolute atomic E-state index is 0.0457. The number of hydrogen-bond acceptors (Lipinski definition) is 3. The topological polar surface area (TPSA) is 87.3 Å². The van der Waals surface area contributed by atoms with Crippen molar-refractivity contribution in [3.8, 4) is 0 Å². The van der Waals surface area contributed by atoms with Gasteiger partial charge in [-0.2, -0.15) is 0 Å². The van der Waals surface area contributed by atoms with Crippen LogP contribution in [-0.4, -0.2) is 23.8 Å². The Balaban J connectivity index is 1.61. The first-order valence-electron chi connectivity index (χ1n) is 11.5. The van der Waals surface area contributed by atoms with Crippen molar-refractivity contribution in [1.82, 2.24) is 5.32 Å². The second kappa shape index (κ2) is 10.9. The molecule has 0 aromatic heterocycles. The highest BCUT2D eigenvalue weighted by atomic mass is 19.1. The van der Waals surface area contributed by atoms with Gasteiger partial charge in [0, 0.05) is 23.0 Å². The average molecular weight is 478 g/mol. The molecule has 0 heterocycles. The summed E-state index contributed by atoms with van der Waals surface area (Å²) in [4.78, 5) is 38.3. The summed E-state index contributed by atoms with van der Waals surface area (Å²) < 4.78 is 28.1. The Labute approximate surface area is 201 Å². The highest BCUT2D eigenvalue weighted by molar-refractivity contribution is 6.08. The monoisotopic (exact) mass is 477 g/mol. The minimum Gasteiger partial charge on any atom is -0.349 e. The summed E-state index contributed by atoms with van der Waals surface area (Å²) in [6.45, 7) is 0. The molecule has 3 aromatic carbocycles. The molecule has 3 N–H and O–H groups in total. The summed E-state index contributed by atoms with van der Waals surface area (Å²) in [6.07, 6.45) is 4.97. The van der Waals surface area contributed by atoms with Gasteiger partial charge in [0.15, 0.2) is 0 Å². The number of benzene rings is 3. The molecule has 35 heavy (non-hydrogen) atoms. The molecule has 1 saturated carbocycles. The number of carbonyl (C=O) groups excluding carboxylic acids is 3. The molecular weight excluding hydrogens is 452 g/mol. The van der Waals surface area contributed by atoms with E-state index < -0.39 is 23.4 Å². The van der Waals surface area contributed by atoms with E-state index in [1.807, 2.05) is 0 Å². The summed E-state index contributed by atoms with van der Waals surface area (Å²) in [5, 5.41) is 8.15. The standard InChI is InChI=1S/C27H25F2N3O3/c28-23-12-6-4-10-21(23)26(34)31-19-14-17(25(33)30-18-8-2-1-3-9-18)15-20(16-19)32-27(35)22-11-5-7-13-24(22)29/h4-7,10-16,18H,1-3,8-9H2,(H,30,33)(H,31,34)(H,32,35). The van der Waals surface area contributed by atoms with Gasteiger partial charge in [-0.15, -0.1) is 0 Å². The molecule has 6 nitrogen and oxygen atoms in total. The predicted molar refractivity (Wildman–Crippen MR) is 129 cm³/mol. The molecule has 3 aromatic rings. The third-order valence-corrected chi connectivity index (χ3v) is 5.89. The second-order valence-corrected chi connectivity index (χ2v) is 8.48. The van der Waals surface area contributed by atoms with E-state index in [0.29, 0.717) is 0 Å². The lowest BCUT2D eigenvalue weighted by atomic mass is 9.95. The largest absolute Gasteiger partial charge is 0.349 e. The van der Waals surface area contributed by atoms with E-state index in [2.05, 4.69) is 16.0 Å². The SMILES string of the molecule is O=C(NC1CCCCC1)c1cc(NC(=O)c2ccccc2F)cc(NC(=O)c2ccccc2F)c1. The van der Waals surface area contributed by atoms with Crippen LogP contribution in [0.1, 0.15) is 63.2 Å². The first-order valence-corrected chi connectivity index (χ1v) is 11.5. The normalized spacial score (nSPS) is 13.7. The average Bonchev–Trinajstić information content (AvgIpc) is 2.85. The van der Waals surface area contributed by atoms with Crippen LogP contribution in [0.4, 0.5) is 20.2 Å². The summed E-state index contributed by atoms with van der Waals surface area (Å²) in [6, 6.07) is 15.4. The van der Waals surface area contributed by atoms with Crippen LogP contribution in [0.15, 0.2) is 66.7 Å². The van der Waals surface area contributed by atoms with Crippen molar-refractivity contribution in [3.05, 3.63) is 95.1 Å². The molecule has 0 aliphatic heterocycles. The lowest BCUT2D eigenvalue weighted by Crippen LogP contribution is -2.36. The number of anilines is 2. The zero-order valence-corrected chi connectivity index (χ0v) is 18.9. The van der Waals surface area contributed by atoms with Crippen LogP contribution in [0.2, 0.25) is 0 Å². The van der Waals surface area contributed by atoms with Crippen molar-refractivity contribution in [3.63, 3.8) is 0 Å². The number of amides is 3. The molecular formula is C27H25F2N3O3. The molecule has 0 unspecified atom stereocenters. The van der Waals surface area contributed by atoms with Gasteiger partial charge in [-0.1, -0.05) is 43.5 Å². The Hall–Kier alpha value is -4.07. The van der Waals surface area contributed by atoms with Gasteiger partial charge >= 0.3 is 0 Å². The van der Waals surface area contributed by atoms with E-state index in [-0.39, 0.29) is 40.0 Å². The van der Waals surface area contributed by atoms with E-state index in [0.717, 1.165) is 32.1 Å². The van der Waals surface area contributed by atoms with E-state index >= 15 is 0 Å². The summed E-state index contributed by atoms with van der Waals surface area (Å²) in [5.74, 6) is -3.16. The van der Waals surface area contributed by atoms with Gasteiger partial charge < -0.3 is 16.0 Å². The number of halogens is 2. The van der Waals surface area contributed by atoms with Gasteiger partial charge in [0.1, 0.15) is 11.6 Å². The maximum absolute atomic E-state index is 14.1. The van der Waals surface area contributed by atoms with Crippen molar-refractivity contribution in [2.24, 2.45) is 0 Å². The molecule has 0 bridgehead atoms. The molecule has 0 atom stereocenters. The molecule has 8 heteroatoms.